The summed E-state index contributed by atoms with van der Waals surface area (Å²) < 4.78 is 13.9. The fraction of sp³-hybridized carbons (Fsp3) is 0.538. The third kappa shape index (κ3) is 1.42. The summed E-state index contributed by atoms with van der Waals surface area (Å²) in [6.07, 6.45) is 4.18. The second kappa shape index (κ2) is 3.74. The van der Waals surface area contributed by atoms with Gasteiger partial charge in [-0.3, -0.25) is 0 Å². The predicted molar refractivity (Wildman–Crippen MR) is 63.1 cm³/mol. The molecule has 0 aromatic heterocycles. The van der Waals surface area contributed by atoms with Crippen LogP contribution in [0.25, 0.3) is 0 Å². The first-order chi connectivity index (χ1) is 7.77. The molecule has 2 N–H and O–H groups in total. The van der Waals surface area contributed by atoms with E-state index >= 15 is 0 Å². The van der Waals surface area contributed by atoms with Gasteiger partial charge in [0.15, 0.2) is 0 Å². The van der Waals surface area contributed by atoms with Crippen LogP contribution in [0, 0.1) is 5.82 Å². The smallest absolute Gasteiger partial charge is 0.146 e. The van der Waals surface area contributed by atoms with Crippen LogP contribution < -0.4 is 10.6 Å². The number of para-hydroxylation sites is 1. The van der Waals surface area contributed by atoms with Crippen molar-refractivity contribution in [2.24, 2.45) is 5.73 Å². The monoisotopic (exact) mass is 220 g/mol. The summed E-state index contributed by atoms with van der Waals surface area (Å²) in [5.74, 6) is -0.0868. The maximum atomic E-state index is 13.9. The number of nitrogens with two attached hydrogens (primary N) is 1. The summed E-state index contributed by atoms with van der Waals surface area (Å²) in [5, 5.41) is 0. The van der Waals surface area contributed by atoms with Crippen LogP contribution in [0.15, 0.2) is 18.2 Å². The molecule has 2 aliphatic rings. The van der Waals surface area contributed by atoms with Gasteiger partial charge in [-0.25, -0.2) is 4.39 Å². The maximum absolute atomic E-state index is 13.9. The molecule has 1 aromatic carbocycles. The van der Waals surface area contributed by atoms with Gasteiger partial charge in [0.25, 0.3) is 0 Å². The molecule has 0 spiro atoms. The molecule has 1 fully saturated rings. The van der Waals surface area contributed by atoms with Gasteiger partial charge in [0, 0.05) is 18.6 Å². The van der Waals surface area contributed by atoms with Gasteiger partial charge in [-0.05, 0) is 37.3 Å². The van der Waals surface area contributed by atoms with E-state index in [4.69, 9.17) is 5.73 Å². The van der Waals surface area contributed by atoms with E-state index in [0.29, 0.717) is 6.04 Å². The lowest BCUT2D eigenvalue weighted by Gasteiger charge is -2.45. The first-order valence-corrected chi connectivity index (χ1v) is 6.07. The Bertz CT molecular complexity index is 405. The molecule has 0 bridgehead atoms. The Kier molecular flexibility index (Phi) is 2.36. The summed E-state index contributed by atoms with van der Waals surface area (Å²) in [5.41, 5.74) is 8.09. The first-order valence-electron chi connectivity index (χ1n) is 6.07. The summed E-state index contributed by atoms with van der Waals surface area (Å²) in [7, 11) is 0. The van der Waals surface area contributed by atoms with Crippen molar-refractivity contribution in [3.8, 4) is 0 Å². The Balaban J connectivity index is 2.04. The summed E-state index contributed by atoms with van der Waals surface area (Å²) >= 11 is 0. The molecule has 2 aliphatic heterocycles. The molecule has 3 rings (SSSR count). The standard InChI is InChI=1S/C13H17FN2/c14-10-4-1-3-9-6-7-12-11(15)5-2-8-16(12)13(9)10/h1,3-4,11-12H,2,5-8,15H2. The number of hydrogen-bond acceptors (Lipinski definition) is 2. The van der Waals surface area contributed by atoms with Crippen molar-refractivity contribution in [2.45, 2.75) is 37.8 Å². The molecule has 0 radical (unpaired) electrons. The lowest BCUT2D eigenvalue weighted by atomic mass is 9.86. The van der Waals surface area contributed by atoms with Gasteiger partial charge < -0.3 is 10.6 Å². The third-order valence-electron chi connectivity index (χ3n) is 3.90. The zero-order valence-electron chi connectivity index (χ0n) is 9.32. The average molecular weight is 220 g/mol. The van der Waals surface area contributed by atoms with Crippen molar-refractivity contribution in [3.05, 3.63) is 29.6 Å². The van der Waals surface area contributed by atoms with Gasteiger partial charge in [0.1, 0.15) is 5.82 Å². The Labute approximate surface area is 95.2 Å². The molecule has 2 atom stereocenters. The molecule has 86 valence electrons. The fourth-order valence-corrected chi connectivity index (χ4v) is 3.12. The largest absolute Gasteiger partial charge is 0.364 e. The third-order valence-corrected chi connectivity index (χ3v) is 3.90. The highest BCUT2D eigenvalue weighted by atomic mass is 19.1. The predicted octanol–water partition coefficient (Wildman–Crippen LogP) is 2.07. The normalized spacial score (nSPS) is 28.5. The van der Waals surface area contributed by atoms with E-state index in [1.165, 1.54) is 0 Å². The number of benzene rings is 1. The number of hydrogen-bond donors (Lipinski definition) is 1. The number of piperidine rings is 1. The second-order valence-electron chi connectivity index (χ2n) is 4.85. The van der Waals surface area contributed by atoms with Crippen molar-refractivity contribution in [1.82, 2.24) is 0 Å². The molecule has 0 amide bonds. The van der Waals surface area contributed by atoms with Crippen molar-refractivity contribution in [1.29, 1.82) is 0 Å². The Morgan fingerprint density at radius 3 is 3.06 bits per heavy atom. The van der Waals surface area contributed by atoms with Crippen molar-refractivity contribution >= 4 is 5.69 Å². The zero-order chi connectivity index (χ0) is 11.1. The maximum Gasteiger partial charge on any atom is 0.146 e. The number of fused-ring (bicyclic) bond motifs is 3. The van der Waals surface area contributed by atoms with Crippen molar-refractivity contribution in [3.63, 3.8) is 0 Å². The molecule has 2 unspecified atom stereocenters. The molecule has 2 heterocycles. The average Bonchev–Trinajstić information content (AvgIpc) is 2.29. The minimum absolute atomic E-state index is 0.0868. The van der Waals surface area contributed by atoms with Crippen LogP contribution in [0.2, 0.25) is 0 Å². The number of anilines is 1. The molecule has 2 nitrogen and oxygen atoms in total. The zero-order valence-corrected chi connectivity index (χ0v) is 9.32. The van der Waals surface area contributed by atoms with E-state index in [1.807, 2.05) is 6.07 Å². The number of nitrogens with zero attached hydrogens (tertiary/aromatic N) is 1. The quantitative estimate of drug-likeness (QED) is 0.725. The van der Waals surface area contributed by atoms with E-state index < -0.39 is 0 Å². The minimum Gasteiger partial charge on any atom is -0.364 e. The Morgan fingerprint density at radius 1 is 1.31 bits per heavy atom. The first kappa shape index (κ1) is 10.1. The van der Waals surface area contributed by atoms with E-state index in [9.17, 15) is 4.39 Å². The van der Waals surface area contributed by atoms with Gasteiger partial charge >= 0.3 is 0 Å². The Morgan fingerprint density at radius 2 is 2.19 bits per heavy atom. The lowest BCUT2D eigenvalue weighted by Crippen LogP contribution is -2.54. The molecular weight excluding hydrogens is 203 g/mol. The van der Waals surface area contributed by atoms with E-state index in [2.05, 4.69) is 4.90 Å². The van der Waals surface area contributed by atoms with Crippen LogP contribution in [0.4, 0.5) is 10.1 Å². The van der Waals surface area contributed by atoms with Crippen LogP contribution in [0.3, 0.4) is 0 Å². The molecule has 0 saturated carbocycles. The molecule has 1 saturated heterocycles. The minimum atomic E-state index is -0.0868. The second-order valence-corrected chi connectivity index (χ2v) is 4.85. The van der Waals surface area contributed by atoms with E-state index in [0.717, 1.165) is 43.5 Å². The molecular formula is C13H17FN2. The van der Waals surface area contributed by atoms with Gasteiger partial charge in [0.2, 0.25) is 0 Å². The number of halogens is 1. The van der Waals surface area contributed by atoms with Crippen molar-refractivity contribution in [2.75, 3.05) is 11.4 Å². The van der Waals surface area contributed by atoms with Gasteiger partial charge in [0.05, 0.1) is 5.69 Å². The van der Waals surface area contributed by atoms with Crippen LogP contribution in [0.5, 0.6) is 0 Å². The molecule has 3 heteroatoms. The molecule has 16 heavy (non-hydrogen) atoms. The van der Waals surface area contributed by atoms with E-state index in [1.54, 1.807) is 12.1 Å². The van der Waals surface area contributed by atoms with Crippen LogP contribution >= 0.6 is 0 Å². The summed E-state index contributed by atoms with van der Waals surface area (Å²) in [6.45, 7) is 0.951. The Hall–Kier alpha value is -1.09. The highest BCUT2D eigenvalue weighted by Gasteiger charge is 2.34. The molecule has 0 aliphatic carbocycles. The lowest BCUT2D eigenvalue weighted by molar-refractivity contribution is 0.367. The number of rotatable bonds is 0. The van der Waals surface area contributed by atoms with Crippen LogP contribution in [-0.4, -0.2) is 18.6 Å². The van der Waals surface area contributed by atoms with Crippen LogP contribution in [0.1, 0.15) is 24.8 Å². The van der Waals surface area contributed by atoms with Gasteiger partial charge in [-0.2, -0.15) is 0 Å². The van der Waals surface area contributed by atoms with Crippen LogP contribution in [-0.2, 0) is 6.42 Å². The van der Waals surface area contributed by atoms with E-state index in [-0.39, 0.29) is 11.9 Å². The van der Waals surface area contributed by atoms with Gasteiger partial charge in [-0.1, -0.05) is 12.1 Å². The molecule has 1 aromatic rings. The summed E-state index contributed by atoms with van der Waals surface area (Å²) in [4.78, 5) is 2.20. The SMILES string of the molecule is NC1CCCN2c3c(F)cccc3CCC12. The highest BCUT2D eigenvalue weighted by molar-refractivity contribution is 5.58. The van der Waals surface area contributed by atoms with Crippen molar-refractivity contribution < 1.29 is 4.39 Å². The highest BCUT2D eigenvalue weighted by Crippen LogP contribution is 2.36. The van der Waals surface area contributed by atoms with Gasteiger partial charge in [-0.15, -0.1) is 0 Å². The fourth-order valence-electron chi connectivity index (χ4n) is 3.12. The topological polar surface area (TPSA) is 29.3 Å². The number of aryl methyl sites for hydroxylation is 1. The summed E-state index contributed by atoms with van der Waals surface area (Å²) in [6, 6.07) is 5.95.